The number of pyridine rings is 1. The maximum atomic E-state index is 13.2. The van der Waals surface area contributed by atoms with Gasteiger partial charge in [-0.25, -0.2) is 9.78 Å². The van der Waals surface area contributed by atoms with Crippen LogP contribution in [0, 0.1) is 13.8 Å². The summed E-state index contributed by atoms with van der Waals surface area (Å²) in [6.45, 7) is 9.50. The molecule has 0 saturated heterocycles. The Bertz CT molecular complexity index is 1020. The van der Waals surface area contributed by atoms with E-state index in [9.17, 15) is 18.0 Å². The molecule has 2 aromatic heterocycles. The summed E-state index contributed by atoms with van der Waals surface area (Å²) in [7, 11) is 0. The van der Waals surface area contributed by atoms with E-state index >= 15 is 0 Å². The zero-order chi connectivity index (χ0) is 22.5. The molecule has 3 aromatic rings. The van der Waals surface area contributed by atoms with Crippen molar-refractivity contribution in [3.05, 3.63) is 71.0 Å². The van der Waals surface area contributed by atoms with Crippen molar-refractivity contribution in [3.63, 3.8) is 0 Å². The van der Waals surface area contributed by atoms with Gasteiger partial charge in [-0.05, 0) is 62.7 Å². The fourth-order valence-electron chi connectivity index (χ4n) is 2.99. The van der Waals surface area contributed by atoms with Gasteiger partial charge in [0.1, 0.15) is 5.82 Å². The number of alkyl halides is 3. The van der Waals surface area contributed by atoms with Crippen LogP contribution in [0.4, 0.5) is 13.2 Å². The molecule has 0 aliphatic carbocycles. The number of ether oxygens (including phenoxy) is 1. The number of aryl methyl sites for hydroxylation is 2. The van der Waals surface area contributed by atoms with Crippen molar-refractivity contribution in [2.75, 3.05) is 6.61 Å². The van der Waals surface area contributed by atoms with Crippen LogP contribution < -0.4 is 0 Å². The van der Waals surface area contributed by atoms with E-state index in [1.807, 2.05) is 20.8 Å². The first-order valence-corrected chi connectivity index (χ1v) is 9.73. The maximum absolute atomic E-state index is 13.2. The molecule has 4 nitrogen and oxygen atoms in total. The first-order valence-electron chi connectivity index (χ1n) is 9.73. The van der Waals surface area contributed by atoms with Crippen LogP contribution >= 0.6 is 0 Å². The molecule has 0 atom stereocenters. The Balaban J connectivity index is 0.00000155. The molecule has 0 unspecified atom stereocenters. The van der Waals surface area contributed by atoms with Crippen LogP contribution in [0.2, 0.25) is 0 Å². The van der Waals surface area contributed by atoms with Crippen LogP contribution in [-0.2, 0) is 10.9 Å². The number of hydrogen-bond acceptors (Lipinski definition) is 3. The lowest BCUT2D eigenvalue weighted by atomic mass is 10.0. The highest BCUT2D eigenvalue weighted by Gasteiger charge is 2.31. The molecule has 1 aromatic carbocycles. The van der Waals surface area contributed by atoms with E-state index in [2.05, 4.69) is 4.98 Å². The average molecular weight is 418 g/mol. The zero-order valence-corrected chi connectivity index (χ0v) is 17.7. The van der Waals surface area contributed by atoms with E-state index in [1.54, 1.807) is 42.7 Å². The van der Waals surface area contributed by atoms with Crippen LogP contribution in [0.15, 0.2) is 48.5 Å². The molecule has 0 aliphatic rings. The standard InChI is InChI=1S/C21H19F3N2O2.C2H6/c1-4-28-20(27)17-6-5-7-19(25-17)26-14(3)9-11-18(26)16-12-15(21(22,23)24)10-8-13(16)2;1-2/h5-12H,4H2,1-3H3;1-2H3. The maximum Gasteiger partial charge on any atom is 0.416 e. The Labute approximate surface area is 174 Å². The van der Waals surface area contributed by atoms with Crippen molar-refractivity contribution in [3.8, 4) is 17.1 Å². The third kappa shape index (κ3) is 4.90. The first-order chi connectivity index (χ1) is 14.2. The van der Waals surface area contributed by atoms with Crippen molar-refractivity contribution < 1.29 is 22.7 Å². The fourth-order valence-corrected chi connectivity index (χ4v) is 2.99. The smallest absolute Gasteiger partial charge is 0.416 e. The van der Waals surface area contributed by atoms with E-state index in [0.29, 0.717) is 22.6 Å². The molecule has 0 fully saturated rings. The van der Waals surface area contributed by atoms with Crippen molar-refractivity contribution in [2.24, 2.45) is 0 Å². The highest BCUT2D eigenvalue weighted by Crippen LogP contribution is 2.35. The third-order valence-electron chi connectivity index (χ3n) is 4.36. The van der Waals surface area contributed by atoms with Crippen LogP contribution in [0.5, 0.6) is 0 Å². The van der Waals surface area contributed by atoms with Gasteiger partial charge in [-0.1, -0.05) is 26.0 Å². The van der Waals surface area contributed by atoms with Crippen LogP contribution in [0.1, 0.15) is 48.1 Å². The molecule has 0 spiro atoms. The van der Waals surface area contributed by atoms with Gasteiger partial charge in [-0.3, -0.25) is 4.57 Å². The van der Waals surface area contributed by atoms with Gasteiger partial charge in [0.2, 0.25) is 0 Å². The summed E-state index contributed by atoms with van der Waals surface area (Å²) in [5.41, 5.74) is 1.92. The number of esters is 1. The summed E-state index contributed by atoms with van der Waals surface area (Å²) in [4.78, 5) is 16.3. The summed E-state index contributed by atoms with van der Waals surface area (Å²) in [6.07, 6.45) is -4.43. The second kappa shape index (κ2) is 9.61. The number of carbonyl (C=O) groups is 1. The minimum atomic E-state index is -4.43. The number of halogens is 3. The highest BCUT2D eigenvalue weighted by atomic mass is 19.4. The molecule has 0 N–H and O–H groups in total. The lowest BCUT2D eigenvalue weighted by Gasteiger charge is -2.15. The SMILES string of the molecule is CC.CCOC(=O)c1cccc(-n2c(C)ccc2-c2cc(C(F)(F)F)ccc2C)n1. The van der Waals surface area contributed by atoms with E-state index in [-0.39, 0.29) is 12.3 Å². The zero-order valence-electron chi connectivity index (χ0n) is 17.7. The van der Waals surface area contributed by atoms with Crippen molar-refractivity contribution in [1.29, 1.82) is 0 Å². The lowest BCUT2D eigenvalue weighted by molar-refractivity contribution is -0.137. The highest BCUT2D eigenvalue weighted by molar-refractivity contribution is 5.87. The summed E-state index contributed by atoms with van der Waals surface area (Å²) in [5.74, 6) is -0.120. The molecule has 3 rings (SSSR count). The van der Waals surface area contributed by atoms with Gasteiger partial charge < -0.3 is 4.74 Å². The summed E-state index contributed by atoms with van der Waals surface area (Å²) in [6, 6.07) is 12.1. The normalized spacial score (nSPS) is 10.9. The fraction of sp³-hybridized carbons (Fsp3) is 0.304. The second-order valence-electron chi connectivity index (χ2n) is 6.32. The van der Waals surface area contributed by atoms with Crippen molar-refractivity contribution in [2.45, 2.75) is 40.8 Å². The van der Waals surface area contributed by atoms with Gasteiger partial charge >= 0.3 is 12.1 Å². The molecule has 0 saturated carbocycles. The predicted octanol–water partition coefficient (Wildman–Crippen LogP) is 6.38. The van der Waals surface area contributed by atoms with Gasteiger partial charge in [-0.2, -0.15) is 13.2 Å². The van der Waals surface area contributed by atoms with Crippen LogP contribution in [-0.4, -0.2) is 22.1 Å². The number of hydrogen-bond donors (Lipinski definition) is 0. The molecule has 30 heavy (non-hydrogen) atoms. The van der Waals surface area contributed by atoms with E-state index in [0.717, 1.165) is 17.8 Å². The Kier molecular flexibility index (Phi) is 7.43. The number of nitrogens with zero attached hydrogens (tertiary/aromatic N) is 2. The predicted molar refractivity (Wildman–Crippen MR) is 111 cm³/mol. The van der Waals surface area contributed by atoms with Crippen LogP contribution in [0.25, 0.3) is 17.1 Å². The van der Waals surface area contributed by atoms with Crippen LogP contribution in [0.3, 0.4) is 0 Å². The van der Waals surface area contributed by atoms with E-state index in [4.69, 9.17) is 4.74 Å². The number of benzene rings is 1. The monoisotopic (exact) mass is 418 g/mol. The second-order valence-corrected chi connectivity index (χ2v) is 6.32. The molecular weight excluding hydrogens is 393 g/mol. The van der Waals surface area contributed by atoms with Gasteiger partial charge in [0.05, 0.1) is 17.9 Å². The number of carbonyl (C=O) groups excluding carboxylic acids is 1. The largest absolute Gasteiger partial charge is 0.461 e. The molecule has 160 valence electrons. The Hall–Kier alpha value is -3.09. The summed E-state index contributed by atoms with van der Waals surface area (Å²) < 4.78 is 46.3. The van der Waals surface area contributed by atoms with Gasteiger partial charge in [0.15, 0.2) is 5.69 Å². The number of aromatic nitrogens is 2. The Morgan fingerprint density at radius 1 is 1.07 bits per heavy atom. The molecule has 0 bridgehead atoms. The molecule has 2 heterocycles. The van der Waals surface area contributed by atoms with E-state index in [1.165, 1.54) is 12.1 Å². The van der Waals surface area contributed by atoms with E-state index < -0.39 is 17.7 Å². The third-order valence-corrected chi connectivity index (χ3v) is 4.36. The quantitative estimate of drug-likeness (QED) is 0.462. The topological polar surface area (TPSA) is 44.1 Å². The lowest BCUT2D eigenvalue weighted by Crippen LogP contribution is -2.10. The molecule has 0 aliphatic heterocycles. The van der Waals surface area contributed by atoms with Crippen molar-refractivity contribution >= 4 is 5.97 Å². The van der Waals surface area contributed by atoms with Gasteiger partial charge in [0, 0.05) is 11.3 Å². The Morgan fingerprint density at radius 3 is 2.40 bits per heavy atom. The van der Waals surface area contributed by atoms with Gasteiger partial charge in [-0.15, -0.1) is 0 Å². The minimum absolute atomic E-state index is 0.138. The number of rotatable bonds is 4. The molecule has 0 radical (unpaired) electrons. The molecule has 0 amide bonds. The Morgan fingerprint density at radius 2 is 1.77 bits per heavy atom. The molecular formula is C23H25F3N2O2. The summed E-state index contributed by atoms with van der Waals surface area (Å²) in [5, 5.41) is 0. The molecule has 7 heteroatoms. The van der Waals surface area contributed by atoms with Crippen molar-refractivity contribution in [1.82, 2.24) is 9.55 Å². The minimum Gasteiger partial charge on any atom is -0.461 e. The van der Waals surface area contributed by atoms with Gasteiger partial charge in [0.25, 0.3) is 0 Å². The first kappa shape index (κ1) is 23.2. The average Bonchev–Trinajstić information content (AvgIpc) is 3.10. The summed E-state index contributed by atoms with van der Waals surface area (Å²) >= 11 is 0.